The van der Waals surface area contributed by atoms with Gasteiger partial charge in [-0.25, -0.2) is 0 Å². The SMILES string of the molecule is C=CC[N+](C)(C)C(C)OC(C)Oc1ccccc1CC(C)C. The molecular weight excluding hydrogens is 274 g/mol. The quantitative estimate of drug-likeness (QED) is 0.386. The van der Waals surface area contributed by atoms with E-state index in [0.29, 0.717) is 5.92 Å². The average molecular weight is 306 g/mol. The second kappa shape index (κ2) is 8.35. The van der Waals surface area contributed by atoms with E-state index >= 15 is 0 Å². The molecule has 0 saturated heterocycles. The van der Waals surface area contributed by atoms with Gasteiger partial charge < -0.3 is 9.22 Å². The van der Waals surface area contributed by atoms with Crippen molar-refractivity contribution in [3.63, 3.8) is 0 Å². The molecule has 124 valence electrons. The Morgan fingerprint density at radius 1 is 1.14 bits per heavy atom. The lowest BCUT2D eigenvalue weighted by Gasteiger charge is -2.36. The first-order valence-corrected chi connectivity index (χ1v) is 8.10. The van der Waals surface area contributed by atoms with Crippen LogP contribution < -0.4 is 4.74 Å². The van der Waals surface area contributed by atoms with E-state index in [0.717, 1.165) is 23.2 Å². The predicted molar refractivity (Wildman–Crippen MR) is 92.8 cm³/mol. The number of benzene rings is 1. The fourth-order valence-corrected chi connectivity index (χ4v) is 2.36. The van der Waals surface area contributed by atoms with Crippen LogP contribution in [0.1, 0.15) is 33.3 Å². The van der Waals surface area contributed by atoms with Crippen LogP contribution in [0.3, 0.4) is 0 Å². The van der Waals surface area contributed by atoms with E-state index in [2.05, 4.69) is 53.6 Å². The number of nitrogens with zero attached hydrogens (tertiary/aromatic N) is 1. The maximum atomic E-state index is 6.03. The summed E-state index contributed by atoms with van der Waals surface area (Å²) in [5, 5.41) is 0. The highest BCUT2D eigenvalue weighted by molar-refractivity contribution is 5.33. The van der Waals surface area contributed by atoms with Gasteiger partial charge in [-0.3, -0.25) is 4.74 Å². The van der Waals surface area contributed by atoms with Crippen molar-refractivity contribution in [2.45, 2.75) is 46.6 Å². The molecule has 0 N–H and O–H groups in total. The van der Waals surface area contributed by atoms with Crippen LogP contribution in [0, 0.1) is 5.92 Å². The molecule has 0 bridgehead atoms. The molecule has 0 radical (unpaired) electrons. The molecule has 22 heavy (non-hydrogen) atoms. The first-order valence-electron chi connectivity index (χ1n) is 8.10. The molecule has 2 unspecified atom stereocenters. The zero-order valence-corrected chi connectivity index (χ0v) is 15.0. The minimum Gasteiger partial charge on any atom is -0.465 e. The summed E-state index contributed by atoms with van der Waals surface area (Å²) < 4.78 is 12.8. The summed E-state index contributed by atoms with van der Waals surface area (Å²) >= 11 is 0. The van der Waals surface area contributed by atoms with Gasteiger partial charge in [-0.1, -0.05) is 38.6 Å². The molecule has 0 amide bonds. The number of rotatable bonds is 9. The van der Waals surface area contributed by atoms with E-state index in [1.54, 1.807) is 0 Å². The van der Waals surface area contributed by atoms with Crippen LogP contribution in [0.2, 0.25) is 0 Å². The fraction of sp³-hybridized carbons (Fsp3) is 0.579. The van der Waals surface area contributed by atoms with E-state index in [1.807, 2.05) is 25.1 Å². The van der Waals surface area contributed by atoms with Crippen LogP contribution >= 0.6 is 0 Å². The van der Waals surface area contributed by atoms with Crippen LogP contribution in [0.15, 0.2) is 36.9 Å². The third-order valence-corrected chi connectivity index (χ3v) is 3.87. The number of ether oxygens (including phenoxy) is 2. The topological polar surface area (TPSA) is 18.5 Å². The van der Waals surface area contributed by atoms with Gasteiger partial charge in [-0.2, -0.15) is 0 Å². The minimum absolute atomic E-state index is 0.0326. The van der Waals surface area contributed by atoms with E-state index in [-0.39, 0.29) is 12.5 Å². The molecule has 1 rings (SSSR count). The molecule has 1 aromatic rings. The molecule has 0 saturated carbocycles. The van der Waals surface area contributed by atoms with E-state index in [1.165, 1.54) is 5.56 Å². The van der Waals surface area contributed by atoms with Gasteiger partial charge in [0.05, 0.1) is 20.6 Å². The molecule has 0 aliphatic heterocycles. The van der Waals surface area contributed by atoms with Crippen LogP contribution in [0.4, 0.5) is 0 Å². The van der Waals surface area contributed by atoms with Gasteiger partial charge in [0.1, 0.15) is 5.75 Å². The Hall–Kier alpha value is -1.32. The highest BCUT2D eigenvalue weighted by Gasteiger charge is 2.25. The maximum Gasteiger partial charge on any atom is 0.202 e. The Balaban J connectivity index is 2.69. The van der Waals surface area contributed by atoms with Crippen molar-refractivity contribution in [2.24, 2.45) is 5.92 Å². The number of quaternary nitrogens is 1. The Morgan fingerprint density at radius 3 is 2.36 bits per heavy atom. The highest BCUT2D eigenvalue weighted by atomic mass is 16.7. The van der Waals surface area contributed by atoms with Crippen molar-refractivity contribution in [3.8, 4) is 5.75 Å². The number of likely N-dealkylation sites (N-methyl/N-ethyl adjacent to an activating group) is 1. The molecule has 0 aliphatic carbocycles. The average Bonchev–Trinajstić information content (AvgIpc) is 2.40. The molecule has 3 heteroatoms. The smallest absolute Gasteiger partial charge is 0.202 e. The summed E-state index contributed by atoms with van der Waals surface area (Å²) in [4.78, 5) is 0. The largest absolute Gasteiger partial charge is 0.465 e. The second-order valence-corrected chi connectivity index (χ2v) is 6.88. The molecule has 0 aliphatic rings. The molecular formula is C19H32NO2+. The molecule has 1 aromatic carbocycles. The first-order chi connectivity index (χ1) is 10.3. The normalized spacial score (nSPS) is 14.7. The van der Waals surface area contributed by atoms with Crippen molar-refractivity contribution in [2.75, 3.05) is 20.6 Å². The Labute approximate surface area is 136 Å². The van der Waals surface area contributed by atoms with Crippen molar-refractivity contribution in [1.29, 1.82) is 0 Å². The maximum absolute atomic E-state index is 6.03. The molecule has 0 aromatic heterocycles. The summed E-state index contributed by atoms with van der Waals surface area (Å²) in [5.41, 5.74) is 1.24. The van der Waals surface area contributed by atoms with Crippen LogP contribution in [-0.4, -0.2) is 37.6 Å². The highest BCUT2D eigenvalue weighted by Crippen LogP contribution is 2.23. The molecule has 0 heterocycles. The van der Waals surface area contributed by atoms with Gasteiger partial charge in [0, 0.05) is 6.92 Å². The zero-order chi connectivity index (χ0) is 16.8. The van der Waals surface area contributed by atoms with E-state index < -0.39 is 0 Å². The summed E-state index contributed by atoms with van der Waals surface area (Å²) in [6, 6.07) is 8.21. The van der Waals surface area contributed by atoms with Crippen molar-refractivity contribution in [3.05, 3.63) is 42.5 Å². The predicted octanol–water partition coefficient (Wildman–Crippen LogP) is 4.23. The van der Waals surface area contributed by atoms with E-state index in [9.17, 15) is 0 Å². The summed E-state index contributed by atoms with van der Waals surface area (Å²) in [6.45, 7) is 13.1. The standard InChI is InChI=1S/C19H32NO2/c1-8-13-20(6,7)16(4)21-17(5)22-19-12-10-9-11-18(19)14-15(2)3/h8-12,15-17H,1,13-14H2,2-7H3/q+1. The lowest BCUT2D eigenvalue weighted by atomic mass is 10.0. The Morgan fingerprint density at radius 2 is 1.77 bits per heavy atom. The first kappa shape index (κ1) is 18.7. The Kier molecular flexibility index (Phi) is 7.11. The summed E-state index contributed by atoms with van der Waals surface area (Å²) in [7, 11) is 4.26. The van der Waals surface area contributed by atoms with Gasteiger partial charge >= 0.3 is 0 Å². The molecule has 0 fully saturated rings. The van der Waals surface area contributed by atoms with Gasteiger partial charge in [0.25, 0.3) is 0 Å². The van der Waals surface area contributed by atoms with Gasteiger partial charge in [-0.05, 0) is 37.0 Å². The summed E-state index contributed by atoms with van der Waals surface area (Å²) in [6.07, 6.45) is 2.68. The third-order valence-electron chi connectivity index (χ3n) is 3.87. The van der Waals surface area contributed by atoms with Gasteiger partial charge in [-0.15, -0.1) is 0 Å². The van der Waals surface area contributed by atoms with Crippen molar-refractivity contribution < 1.29 is 14.0 Å². The van der Waals surface area contributed by atoms with Gasteiger partial charge in [0.2, 0.25) is 6.29 Å². The zero-order valence-electron chi connectivity index (χ0n) is 15.0. The lowest BCUT2D eigenvalue weighted by molar-refractivity contribution is -0.932. The summed E-state index contributed by atoms with van der Waals surface area (Å²) in [5.74, 6) is 1.52. The number of para-hydroxylation sites is 1. The number of hydrogen-bond donors (Lipinski definition) is 0. The van der Waals surface area contributed by atoms with E-state index in [4.69, 9.17) is 9.47 Å². The second-order valence-electron chi connectivity index (χ2n) is 6.88. The third kappa shape index (κ3) is 5.82. The van der Waals surface area contributed by atoms with Crippen molar-refractivity contribution >= 4 is 0 Å². The molecule has 3 nitrogen and oxygen atoms in total. The molecule has 0 spiro atoms. The van der Waals surface area contributed by atoms with Gasteiger partial charge in [0.15, 0.2) is 6.23 Å². The lowest BCUT2D eigenvalue weighted by Crippen LogP contribution is -2.50. The molecule has 2 atom stereocenters. The van der Waals surface area contributed by atoms with Crippen LogP contribution in [0.5, 0.6) is 5.75 Å². The Bertz CT molecular complexity index is 468. The fourth-order valence-electron chi connectivity index (χ4n) is 2.36. The minimum atomic E-state index is -0.287. The van der Waals surface area contributed by atoms with Crippen LogP contribution in [0.25, 0.3) is 0 Å². The van der Waals surface area contributed by atoms with Crippen LogP contribution in [-0.2, 0) is 11.2 Å². The number of hydrogen-bond acceptors (Lipinski definition) is 2. The van der Waals surface area contributed by atoms with Crippen molar-refractivity contribution in [1.82, 2.24) is 0 Å². The monoisotopic (exact) mass is 306 g/mol.